The molecule has 0 fully saturated rings. The van der Waals surface area contributed by atoms with Gasteiger partial charge in [0, 0.05) is 29.5 Å². The van der Waals surface area contributed by atoms with Crippen LogP contribution >= 0.6 is 0 Å². The van der Waals surface area contributed by atoms with Crippen molar-refractivity contribution in [3.8, 4) is 0 Å². The predicted molar refractivity (Wildman–Crippen MR) is 118 cm³/mol. The second kappa shape index (κ2) is 6.64. The monoisotopic (exact) mass is 404 g/mol. The van der Waals surface area contributed by atoms with Gasteiger partial charge in [-0.15, -0.1) is 0 Å². The van der Waals surface area contributed by atoms with Crippen molar-refractivity contribution in [3.63, 3.8) is 0 Å². The summed E-state index contributed by atoms with van der Waals surface area (Å²) in [4.78, 5) is 11.8. The minimum Gasteiger partial charge on any atom is -0.478 e. The van der Waals surface area contributed by atoms with Crippen molar-refractivity contribution in [2.24, 2.45) is 0 Å². The lowest BCUT2D eigenvalue weighted by molar-refractivity contribution is -0.732. The maximum absolute atomic E-state index is 11.8. The quantitative estimate of drug-likeness (QED) is 0.483. The van der Waals surface area contributed by atoms with Crippen LogP contribution in [0.15, 0.2) is 103 Å². The summed E-state index contributed by atoms with van der Waals surface area (Å²) in [6.45, 7) is 0. The van der Waals surface area contributed by atoms with Crippen molar-refractivity contribution in [1.82, 2.24) is 0 Å². The van der Waals surface area contributed by atoms with Crippen LogP contribution in [0.25, 0.3) is 0 Å². The highest BCUT2D eigenvalue weighted by molar-refractivity contribution is 5.88. The first kappa shape index (κ1) is 18.1. The summed E-state index contributed by atoms with van der Waals surface area (Å²) in [6, 6.07) is 33.7. The minimum atomic E-state index is -0.879. The van der Waals surface area contributed by atoms with Gasteiger partial charge in [-0.25, -0.2) is 4.79 Å². The highest BCUT2D eigenvalue weighted by atomic mass is 16.4. The van der Waals surface area contributed by atoms with Crippen molar-refractivity contribution in [2.75, 3.05) is 0 Å². The Bertz CT molecular complexity index is 1260. The molecule has 31 heavy (non-hydrogen) atoms. The number of nitrogens with zero attached hydrogens (tertiary/aromatic N) is 1. The lowest BCUT2D eigenvalue weighted by atomic mass is 9.53. The fourth-order valence-electron chi connectivity index (χ4n) is 5.92. The Hall–Kier alpha value is -3.72. The minimum absolute atomic E-state index is 0.0257. The summed E-state index contributed by atoms with van der Waals surface area (Å²) >= 11 is 0. The maximum atomic E-state index is 11.8. The number of hydrogen-bond acceptors (Lipinski definition) is 1. The van der Waals surface area contributed by atoms with E-state index < -0.39 is 5.97 Å². The van der Waals surface area contributed by atoms with E-state index in [2.05, 4.69) is 89.6 Å². The van der Waals surface area contributed by atoms with Crippen LogP contribution in [-0.4, -0.2) is 11.1 Å². The average Bonchev–Trinajstić information content (AvgIpc) is 2.84. The van der Waals surface area contributed by atoms with Gasteiger partial charge in [0.2, 0.25) is 0 Å². The summed E-state index contributed by atoms with van der Waals surface area (Å²) in [5, 5.41) is 9.71. The number of carboxylic acids is 1. The van der Waals surface area contributed by atoms with Crippen molar-refractivity contribution >= 4 is 5.97 Å². The van der Waals surface area contributed by atoms with Crippen LogP contribution in [0.5, 0.6) is 0 Å². The molecule has 4 aromatic rings. The molecule has 3 nitrogen and oxygen atoms in total. The molecular formula is C28H22NO2+. The lowest BCUT2D eigenvalue weighted by Gasteiger charge is -2.50. The number of pyridine rings is 1. The molecule has 1 aliphatic carbocycles. The molecule has 1 N–H and O–H groups in total. The number of rotatable bonds is 3. The Balaban J connectivity index is 1.72. The second-order valence-corrected chi connectivity index (χ2v) is 8.54. The van der Waals surface area contributed by atoms with Gasteiger partial charge in [0.1, 0.15) is 0 Å². The number of benzene rings is 3. The van der Waals surface area contributed by atoms with Crippen molar-refractivity contribution < 1.29 is 14.5 Å². The maximum Gasteiger partial charge on any atom is 0.335 e. The van der Waals surface area contributed by atoms with Crippen LogP contribution in [0.1, 0.15) is 56.7 Å². The van der Waals surface area contributed by atoms with E-state index in [1.165, 1.54) is 22.4 Å². The third-order valence-corrected chi connectivity index (χ3v) is 7.14. The number of hydrogen-bond donors (Lipinski definition) is 1. The van der Waals surface area contributed by atoms with Crippen molar-refractivity contribution in [1.29, 1.82) is 0 Å². The van der Waals surface area contributed by atoms with Gasteiger partial charge in [0.05, 0.1) is 11.5 Å². The molecule has 3 heterocycles. The van der Waals surface area contributed by atoms with E-state index >= 15 is 0 Å². The smallest absolute Gasteiger partial charge is 0.335 e. The summed E-state index contributed by atoms with van der Waals surface area (Å²) in [5.41, 5.74) is 6.25. The Morgan fingerprint density at radius 1 is 0.806 bits per heavy atom. The third-order valence-electron chi connectivity index (χ3n) is 7.14. The fourth-order valence-corrected chi connectivity index (χ4v) is 5.92. The standard InChI is InChI=1S/C28H21NO2/c30-27(31)19-14-15-22-23(17-19)26-24-13-7-8-16-29(24)25(22)18-28(26,20-9-3-1-4-10-20)21-11-5-2-6-12-21/h1-17,25-26H,18H2/p+1. The highest BCUT2D eigenvalue weighted by Crippen LogP contribution is 2.59. The molecular weight excluding hydrogens is 382 g/mol. The number of carboxylic acid groups (broad SMARTS) is 1. The molecule has 0 amide bonds. The summed E-state index contributed by atoms with van der Waals surface area (Å²) < 4.78 is 2.39. The Morgan fingerprint density at radius 3 is 2.10 bits per heavy atom. The third kappa shape index (κ3) is 2.46. The van der Waals surface area contributed by atoms with E-state index in [0.717, 1.165) is 12.0 Å². The number of carbonyl (C=O) groups is 1. The number of fused-ring (bicyclic) bond motifs is 1. The Labute approximate surface area is 181 Å². The molecule has 3 heteroatoms. The lowest BCUT2D eigenvalue weighted by Crippen LogP contribution is -2.60. The van der Waals surface area contributed by atoms with Crippen LogP contribution in [0.2, 0.25) is 0 Å². The molecule has 0 saturated carbocycles. The molecule has 7 rings (SSSR count). The molecule has 2 atom stereocenters. The molecule has 1 aromatic heterocycles. The van der Waals surface area contributed by atoms with Crippen LogP contribution < -0.4 is 4.57 Å². The molecule has 2 aliphatic heterocycles. The molecule has 0 saturated heterocycles. The Morgan fingerprint density at radius 2 is 1.45 bits per heavy atom. The molecule has 0 radical (unpaired) electrons. The SMILES string of the molecule is O=C(O)c1ccc2c(c1)C1c3cccc[n+]3C2CC1(c1ccccc1)c1ccccc1. The van der Waals surface area contributed by atoms with Gasteiger partial charge in [-0.1, -0.05) is 72.8 Å². The van der Waals surface area contributed by atoms with Gasteiger partial charge in [0.25, 0.3) is 0 Å². The second-order valence-electron chi connectivity index (χ2n) is 8.54. The predicted octanol–water partition coefficient (Wildman–Crippen LogP) is 5.10. The first-order chi connectivity index (χ1) is 15.2. The molecule has 0 spiro atoms. The number of aromatic nitrogens is 1. The Kier molecular flexibility index (Phi) is 3.87. The van der Waals surface area contributed by atoms with Crippen LogP contribution in [0.3, 0.4) is 0 Å². The van der Waals surface area contributed by atoms with Gasteiger partial charge < -0.3 is 5.11 Å². The van der Waals surface area contributed by atoms with Gasteiger partial charge in [-0.2, -0.15) is 4.57 Å². The topological polar surface area (TPSA) is 41.2 Å². The summed E-state index contributed by atoms with van der Waals surface area (Å²) in [6.07, 6.45) is 3.10. The highest BCUT2D eigenvalue weighted by Gasteiger charge is 2.59. The van der Waals surface area contributed by atoms with Crippen LogP contribution in [0, 0.1) is 0 Å². The normalized spacial score (nSPS) is 20.0. The van der Waals surface area contributed by atoms with E-state index in [4.69, 9.17) is 0 Å². The van der Waals surface area contributed by atoms with E-state index in [0.29, 0.717) is 5.56 Å². The summed E-state index contributed by atoms with van der Waals surface area (Å²) in [5.74, 6) is -0.854. The average molecular weight is 404 g/mol. The number of aromatic carboxylic acids is 1. The van der Waals surface area contributed by atoms with Crippen molar-refractivity contribution in [3.05, 3.63) is 137 Å². The van der Waals surface area contributed by atoms with E-state index in [1.807, 2.05) is 12.1 Å². The van der Waals surface area contributed by atoms with E-state index in [1.54, 1.807) is 6.07 Å². The van der Waals surface area contributed by atoms with Crippen LogP contribution in [-0.2, 0) is 5.41 Å². The van der Waals surface area contributed by atoms with Gasteiger partial charge in [0.15, 0.2) is 17.9 Å². The fraction of sp³-hybridized carbons (Fsp3) is 0.143. The molecule has 2 bridgehead atoms. The zero-order valence-corrected chi connectivity index (χ0v) is 17.0. The van der Waals surface area contributed by atoms with E-state index in [-0.39, 0.29) is 17.4 Å². The van der Waals surface area contributed by atoms with Crippen LogP contribution in [0.4, 0.5) is 0 Å². The molecule has 2 unspecified atom stereocenters. The van der Waals surface area contributed by atoms with Gasteiger partial charge in [-0.3, -0.25) is 0 Å². The molecule has 150 valence electrons. The molecule has 3 aromatic carbocycles. The van der Waals surface area contributed by atoms with Crippen molar-refractivity contribution in [2.45, 2.75) is 23.8 Å². The van der Waals surface area contributed by atoms with Gasteiger partial charge in [-0.05, 0) is 28.8 Å². The largest absolute Gasteiger partial charge is 0.478 e. The zero-order chi connectivity index (χ0) is 21.0. The first-order valence-corrected chi connectivity index (χ1v) is 10.7. The van der Waals surface area contributed by atoms with Gasteiger partial charge >= 0.3 is 5.97 Å². The first-order valence-electron chi connectivity index (χ1n) is 10.7. The zero-order valence-electron chi connectivity index (χ0n) is 17.0. The van der Waals surface area contributed by atoms with E-state index in [9.17, 15) is 9.90 Å². The molecule has 3 aliphatic rings. The summed E-state index contributed by atoms with van der Waals surface area (Å²) in [7, 11) is 0.